The van der Waals surface area contributed by atoms with Crippen molar-refractivity contribution < 1.29 is 14.8 Å². The van der Waals surface area contributed by atoms with E-state index in [1.165, 1.54) is 24.4 Å². The summed E-state index contributed by atoms with van der Waals surface area (Å²) in [7, 11) is 0. The Morgan fingerprint density at radius 2 is 1.78 bits per heavy atom. The Hall–Kier alpha value is -3.42. The third-order valence-corrected chi connectivity index (χ3v) is 4.50. The Kier molecular flexibility index (Phi) is 5.35. The molecule has 0 saturated carbocycles. The van der Waals surface area contributed by atoms with Crippen LogP contribution in [0.1, 0.15) is 12.5 Å². The number of nitro groups is 1. The van der Waals surface area contributed by atoms with Crippen molar-refractivity contribution in [2.24, 2.45) is 4.99 Å². The molecule has 1 aliphatic rings. The van der Waals surface area contributed by atoms with Crippen molar-refractivity contribution in [2.75, 3.05) is 31.1 Å². The number of anilines is 1. The van der Waals surface area contributed by atoms with Gasteiger partial charge in [0, 0.05) is 57.1 Å². The molecule has 2 aromatic carbocycles. The van der Waals surface area contributed by atoms with Gasteiger partial charge in [0.2, 0.25) is 5.91 Å². The van der Waals surface area contributed by atoms with Gasteiger partial charge in [0.05, 0.1) is 10.6 Å². The highest BCUT2D eigenvalue weighted by atomic mass is 16.6. The van der Waals surface area contributed by atoms with E-state index >= 15 is 0 Å². The molecule has 140 valence electrons. The zero-order chi connectivity index (χ0) is 19.4. The van der Waals surface area contributed by atoms with E-state index in [1.807, 2.05) is 29.2 Å². The number of hydrogen-bond acceptors (Lipinski definition) is 6. The standard InChI is InChI=1S/C19H20N4O4/c1-14(24)21-8-10-22(11-9-21)17-4-2-16(3-5-17)20-13-15-12-18(23(26)27)6-7-19(15)25/h2-7,12-13,25H,8-11H2,1H3/p-1. The number of nitro benzene ring substituents is 1. The molecule has 0 radical (unpaired) electrons. The number of benzene rings is 2. The summed E-state index contributed by atoms with van der Waals surface area (Å²) < 4.78 is 0. The predicted octanol–water partition coefficient (Wildman–Crippen LogP) is 2.09. The molecule has 8 nitrogen and oxygen atoms in total. The highest BCUT2D eigenvalue weighted by Gasteiger charge is 2.18. The minimum atomic E-state index is -0.544. The second-order valence-corrected chi connectivity index (χ2v) is 6.25. The van der Waals surface area contributed by atoms with Gasteiger partial charge in [0.15, 0.2) is 0 Å². The highest BCUT2D eigenvalue weighted by molar-refractivity contribution is 5.86. The summed E-state index contributed by atoms with van der Waals surface area (Å²) in [6.07, 6.45) is 1.34. The summed E-state index contributed by atoms with van der Waals surface area (Å²) in [5.74, 6) is -0.220. The number of hydrogen-bond donors (Lipinski definition) is 0. The smallest absolute Gasteiger partial charge is 0.270 e. The first kappa shape index (κ1) is 18.4. The molecule has 3 rings (SSSR count). The van der Waals surface area contributed by atoms with Gasteiger partial charge in [-0.15, -0.1) is 0 Å². The minimum absolute atomic E-state index is 0.0956. The number of nitrogens with zero attached hydrogens (tertiary/aromatic N) is 4. The van der Waals surface area contributed by atoms with Crippen LogP contribution in [0, 0.1) is 10.1 Å². The molecule has 2 aromatic rings. The molecular weight excluding hydrogens is 348 g/mol. The molecule has 1 amide bonds. The molecule has 0 N–H and O–H groups in total. The van der Waals surface area contributed by atoms with Gasteiger partial charge in [0.25, 0.3) is 5.69 Å². The third-order valence-electron chi connectivity index (χ3n) is 4.50. The van der Waals surface area contributed by atoms with Gasteiger partial charge in [-0.25, -0.2) is 0 Å². The zero-order valence-electron chi connectivity index (χ0n) is 14.9. The fraction of sp³-hybridized carbons (Fsp3) is 0.263. The van der Waals surface area contributed by atoms with E-state index in [0.29, 0.717) is 18.8 Å². The van der Waals surface area contributed by atoms with E-state index in [1.54, 1.807) is 6.92 Å². The molecule has 1 fully saturated rings. The zero-order valence-corrected chi connectivity index (χ0v) is 14.9. The van der Waals surface area contributed by atoms with Crippen LogP contribution in [-0.4, -0.2) is 48.1 Å². The molecule has 0 unspecified atom stereocenters. The maximum absolute atomic E-state index is 11.8. The lowest BCUT2D eigenvalue weighted by atomic mass is 10.2. The Morgan fingerprint density at radius 3 is 2.37 bits per heavy atom. The number of carbonyl (C=O) groups is 1. The number of aliphatic imine (C=N–C) groups is 1. The highest BCUT2D eigenvalue weighted by Crippen LogP contribution is 2.23. The number of piperazine rings is 1. The van der Waals surface area contributed by atoms with E-state index in [-0.39, 0.29) is 22.9 Å². The normalized spacial score (nSPS) is 14.6. The summed E-state index contributed by atoms with van der Waals surface area (Å²) in [5.41, 5.74) is 1.72. The molecule has 0 aliphatic carbocycles. The van der Waals surface area contributed by atoms with Crippen LogP contribution in [0.5, 0.6) is 5.75 Å². The lowest BCUT2D eigenvalue weighted by Crippen LogP contribution is -2.48. The molecule has 1 aliphatic heterocycles. The third kappa shape index (κ3) is 4.41. The SMILES string of the molecule is CC(=O)N1CCN(c2ccc(N=Cc3cc([N+](=O)[O-])ccc3[O-])cc2)CC1. The van der Waals surface area contributed by atoms with Crippen LogP contribution in [0.25, 0.3) is 0 Å². The molecule has 1 saturated heterocycles. The summed E-state index contributed by atoms with van der Waals surface area (Å²) in [5, 5.41) is 22.6. The topological polar surface area (TPSA) is 102 Å². The first-order chi connectivity index (χ1) is 12.9. The lowest BCUT2D eigenvalue weighted by molar-refractivity contribution is -0.385. The van der Waals surface area contributed by atoms with Crippen LogP contribution in [0.3, 0.4) is 0 Å². The first-order valence-electron chi connectivity index (χ1n) is 8.54. The van der Waals surface area contributed by atoms with Gasteiger partial charge in [-0.1, -0.05) is 11.8 Å². The van der Waals surface area contributed by atoms with Gasteiger partial charge < -0.3 is 14.9 Å². The summed E-state index contributed by atoms with van der Waals surface area (Å²) >= 11 is 0. The Labute approximate surface area is 156 Å². The Morgan fingerprint density at radius 1 is 1.11 bits per heavy atom. The van der Waals surface area contributed by atoms with Crippen molar-refractivity contribution in [3.05, 3.63) is 58.1 Å². The van der Waals surface area contributed by atoms with Gasteiger partial charge in [0.1, 0.15) is 0 Å². The number of non-ortho nitro benzene ring substituents is 1. The van der Waals surface area contributed by atoms with E-state index in [4.69, 9.17) is 0 Å². The van der Waals surface area contributed by atoms with Crippen molar-refractivity contribution in [1.29, 1.82) is 0 Å². The Bertz CT molecular complexity index is 872. The van der Waals surface area contributed by atoms with Crippen molar-refractivity contribution in [3.63, 3.8) is 0 Å². The fourth-order valence-electron chi connectivity index (χ4n) is 2.92. The van der Waals surface area contributed by atoms with Crippen LogP contribution in [-0.2, 0) is 4.79 Å². The van der Waals surface area contributed by atoms with Crippen LogP contribution in [0.4, 0.5) is 17.1 Å². The second kappa shape index (κ2) is 7.86. The molecule has 0 spiro atoms. The van der Waals surface area contributed by atoms with Gasteiger partial charge >= 0.3 is 0 Å². The monoisotopic (exact) mass is 367 g/mol. The van der Waals surface area contributed by atoms with E-state index in [0.717, 1.165) is 18.8 Å². The largest absolute Gasteiger partial charge is 0.872 e. The fourth-order valence-corrected chi connectivity index (χ4v) is 2.92. The first-order valence-corrected chi connectivity index (χ1v) is 8.54. The Balaban J connectivity index is 1.68. The molecular formula is C19H19N4O4-. The van der Waals surface area contributed by atoms with E-state index < -0.39 is 4.92 Å². The van der Waals surface area contributed by atoms with Gasteiger partial charge in [-0.05, 0) is 29.8 Å². The van der Waals surface area contributed by atoms with Crippen LogP contribution in [0.15, 0.2) is 47.5 Å². The average Bonchev–Trinajstić information content (AvgIpc) is 2.67. The number of rotatable bonds is 4. The molecule has 0 atom stereocenters. The molecule has 1 heterocycles. The van der Waals surface area contributed by atoms with Crippen LogP contribution in [0.2, 0.25) is 0 Å². The molecule has 0 bridgehead atoms. The van der Waals surface area contributed by atoms with Crippen molar-refractivity contribution in [2.45, 2.75) is 6.92 Å². The van der Waals surface area contributed by atoms with Crippen molar-refractivity contribution in [3.8, 4) is 5.75 Å². The van der Waals surface area contributed by atoms with Crippen molar-refractivity contribution in [1.82, 2.24) is 4.90 Å². The van der Waals surface area contributed by atoms with E-state index in [9.17, 15) is 20.0 Å². The lowest BCUT2D eigenvalue weighted by Gasteiger charge is -2.35. The summed E-state index contributed by atoms with van der Waals surface area (Å²) in [6, 6.07) is 11.1. The maximum Gasteiger partial charge on any atom is 0.270 e. The number of amides is 1. The summed E-state index contributed by atoms with van der Waals surface area (Å²) in [6.45, 7) is 4.53. The minimum Gasteiger partial charge on any atom is -0.872 e. The van der Waals surface area contributed by atoms with Crippen LogP contribution < -0.4 is 10.0 Å². The number of carbonyl (C=O) groups excluding carboxylic acids is 1. The summed E-state index contributed by atoms with van der Waals surface area (Å²) in [4.78, 5) is 29.9. The van der Waals surface area contributed by atoms with Gasteiger partial charge in [-0.3, -0.25) is 19.9 Å². The maximum atomic E-state index is 11.8. The predicted molar refractivity (Wildman–Crippen MR) is 101 cm³/mol. The second-order valence-electron chi connectivity index (χ2n) is 6.25. The molecule has 27 heavy (non-hydrogen) atoms. The van der Waals surface area contributed by atoms with Gasteiger partial charge in [-0.2, -0.15) is 0 Å². The quantitative estimate of drug-likeness (QED) is 0.468. The van der Waals surface area contributed by atoms with E-state index in [2.05, 4.69) is 9.89 Å². The molecule has 8 heteroatoms. The van der Waals surface area contributed by atoms with Crippen LogP contribution >= 0.6 is 0 Å². The average molecular weight is 367 g/mol. The van der Waals surface area contributed by atoms with Crippen molar-refractivity contribution >= 4 is 29.2 Å². The molecule has 0 aromatic heterocycles.